The molecule has 0 spiro atoms. The van der Waals surface area contributed by atoms with Crippen molar-refractivity contribution in [2.75, 3.05) is 0 Å². The fraction of sp³-hybridized carbons (Fsp3) is 0.176. The van der Waals surface area contributed by atoms with Crippen LogP contribution in [0.5, 0.6) is 0 Å². The molecule has 0 radical (unpaired) electrons. The number of rotatable bonds is 1. The van der Waals surface area contributed by atoms with Crippen LogP contribution >= 0.6 is 11.6 Å². The molecule has 0 fully saturated rings. The molecular weight excluding hydrogens is 329 g/mol. The van der Waals surface area contributed by atoms with Gasteiger partial charge in [-0.25, -0.2) is 4.39 Å². The van der Waals surface area contributed by atoms with Crippen LogP contribution in [0.1, 0.15) is 28.5 Å². The summed E-state index contributed by atoms with van der Waals surface area (Å²) < 4.78 is 16.2. The van der Waals surface area contributed by atoms with E-state index in [1.807, 2.05) is 30.5 Å². The molecule has 0 N–H and O–H groups in total. The van der Waals surface area contributed by atoms with Gasteiger partial charge in [0.1, 0.15) is 18.1 Å². The minimum atomic E-state index is -0.436. The zero-order chi connectivity index (χ0) is 16.8. The maximum atomic E-state index is 14.3. The Balaban J connectivity index is 2.08. The van der Waals surface area contributed by atoms with Gasteiger partial charge in [-0.05, 0) is 37.6 Å². The highest BCUT2D eigenvalue weighted by Crippen LogP contribution is 2.33. The summed E-state index contributed by atoms with van der Waals surface area (Å²) in [5, 5.41) is 8.81. The molecule has 5 nitrogen and oxygen atoms in total. The van der Waals surface area contributed by atoms with Gasteiger partial charge in [-0.2, -0.15) is 0 Å². The maximum Gasteiger partial charge on any atom is 0.159 e. The lowest BCUT2D eigenvalue weighted by molar-refractivity contribution is 0.618. The highest BCUT2D eigenvalue weighted by molar-refractivity contribution is 6.36. The van der Waals surface area contributed by atoms with Crippen molar-refractivity contribution in [1.29, 1.82) is 0 Å². The van der Waals surface area contributed by atoms with E-state index in [1.165, 1.54) is 6.07 Å². The zero-order valence-corrected chi connectivity index (χ0v) is 13.8. The smallest absolute Gasteiger partial charge is 0.159 e. The summed E-state index contributed by atoms with van der Waals surface area (Å²) in [6.07, 6.45) is 1.54. The second kappa shape index (κ2) is 5.49. The highest BCUT2D eigenvalue weighted by Gasteiger charge is 2.26. The summed E-state index contributed by atoms with van der Waals surface area (Å²) in [7, 11) is 0. The first-order valence-corrected chi connectivity index (χ1v) is 7.82. The van der Waals surface area contributed by atoms with Crippen LogP contribution in [0.3, 0.4) is 0 Å². The predicted octanol–water partition coefficient (Wildman–Crippen LogP) is 3.42. The lowest BCUT2D eigenvalue weighted by atomic mass is 10.0. The van der Waals surface area contributed by atoms with Crippen molar-refractivity contribution in [3.63, 3.8) is 0 Å². The fourth-order valence-corrected chi connectivity index (χ4v) is 3.13. The van der Waals surface area contributed by atoms with E-state index in [2.05, 4.69) is 20.2 Å². The number of aryl methyl sites for hydroxylation is 2. The predicted molar refractivity (Wildman–Crippen MR) is 89.4 cm³/mol. The Bertz CT molecular complexity index is 993. The Morgan fingerprint density at radius 1 is 1.17 bits per heavy atom. The van der Waals surface area contributed by atoms with E-state index < -0.39 is 5.82 Å². The molecule has 120 valence electrons. The zero-order valence-electron chi connectivity index (χ0n) is 13.1. The summed E-state index contributed by atoms with van der Waals surface area (Å²) in [5.41, 5.74) is 2.93. The van der Waals surface area contributed by atoms with E-state index in [4.69, 9.17) is 11.6 Å². The number of halogens is 2. The summed E-state index contributed by atoms with van der Waals surface area (Å²) in [6, 6.07) is 6.76. The average Bonchev–Trinajstić information content (AvgIpc) is 2.85. The molecule has 1 aliphatic heterocycles. The first-order valence-electron chi connectivity index (χ1n) is 7.44. The molecular formula is C17H13ClFN5. The van der Waals surface area contributed by atoms with Crippen LogP contribution < -0.4 is 0 Å². The van der Waals surface area contributed by atoms with E-state index in [9.17, 15) is 4.39 Å². The molecule has 1 aromatic carbocycles. The molecule has 3 heterocycles. The van der Waals surface area contributed by atoms with Crippen molar-refractivity contribution >= 4 is 17.3 Å². The van der Waals surface area contributed by atoms with Crippen molar-refractivity contribution in [3.05, 3.63) is 69.8 Å². The van der Waals surface area contributed by atoms with Crippen LogP contribution in [-0.2, 0) is 6.54 Å². The molecule has 0 amide bonds. The van der Waals surface area contributed by atoms with E-state index in [-0.39, 0.29) is 12.2 Å². The number of hydrogen-bond acceptors (Lipinski definition) is 4. The molecule has 24 heavy (non-hydrogen) atoms. The molecule has 0 saturated carbocycles. The van der Waals surface area contributed by atoms with Gasteiger partial charge in [0.25, 0.3) is 0 Å². The van der Waals surface area contributed by atoms with Gasteiger partial charge in [0.15, 0.2) is 11.6 Å². The van der Waals surface area contributed by atoms with Crippen LogP contribution in [-0.4, -0.2) is 25.5 Å². The molecule has 7 heteroatoms. The van der Waals surface area contributed by atoms with Crippen LogP contribution in [0.15, 0.2) is 35.5 Å². The number of hydrogen-bond donors (Lipinski definition) is 0. The number of aliphatic imine (C=N–C) groups is 1. The third kappa shape index (κ3) is 2.14. The van der Waals surface area contributed by atoms with Crippen LogP contribution in [0.4, 0.5) is 4.39 Å². The average molecular weight is 342 g/mol. The first-order chi connectivity index (χ1) is 11.6. The normalized spacial score (nSPS) is 13.1. The topological polar surface area (TPSA) is 56.0 Å². The summed E-state index contributed by atoms with van der Waals surface area (Å²) in [5.74, 6) is 0.971. The molecule has 0 bridgehead atoms. The van der Waals surface area contributed by atoms with Gasteiger partial charge < -0.3 is 0 Å². The maximum absolute atomic E-state index is 14.3. The van der Waals surface area contributed by atoms with E-state index in [1.54, 1.807) is 12.3 Å². The van der Waals surface area contributed by atoms with E-state index in [0.29, 0.717) is 22.1 Å². The number of aromatic nitrogens is 4. The summed E-state index contributed by atoms with van der Waals surface area (Å²) in [4.78, 5) is 8.73. The Hall–Kier alpha value is -2.60. The lowest BCUT2D eigenvalue weighted by Gasteiger charge is -2.15. The first kappa shape index (κ1) is 15.0. The number of benzene rings is 1. The Morgan fingerprint density at radius 3 is 2.79 bits per heavy atom. The van der Waals surface area contributed by atoms with Crippen molar-refractivity contribution in [1.82, 2.24) is 19.7 Å². The Labute approximate surface area is 142 Å². The van der Waals surface area contributed by atoms with Crippen molar-refractivity contribution in [2.24, 2.45) is 4.99 Å². The minimum absolute atomic E-state index is 0.183. The molecule has 0 unspecified atom stereocenters. The quantitative estimate of drug-likeness (QED) is 0.681. The van der Waals surface area contributed by atoms with Crippen LogP contribution in [0.2, 0.25) is 5.02 Å². The van der Waals surface area contributed by atoms with Crippen LogP contribution in [0.25, 0.3) is 5.69 Å². The second-order valence-corrected chi connectivity index (χ2v) is 5.97. The van der Waals surface area contributed by atoms with Crippen molar-refractivity contribution in [2.45, 2.75) is 20.4 Å². The molecule has 0 atom stereocenters. The van der Waals surface area contributed by atoms with E-state index >= 15 is 0 Å². The summed E-state index contributed by atoms with van der Waals surface area (Å²) in [6.45, 7) is 4.04. The van der Waals surface area contributed by atoms with Gasteiger partial charge in [0.2, 0.25) is 0 Å². The standard InChI is InChI=1S/C17H13ClFN5/c1-9-5-6-12-14(15(9)18)17(16-11(19)4-3-7-20-16)21-8-13-23-22-10(2)24(12)13/h3-7H,8H2,1-2H3. The number of nitrogens with zero attached hydrogens (tertiary/aromatic N) is 5. The van der Waals surface area contributed by atoms with Gasteiger partial charge in [0.05, 0.1) is 16.4 Å². The number of pyridine rings is 1. The monoisotopic (exact) mass is 341 g/mol. The number of fused-ring (bicyclic) bond motifs is 3. The van der Waals surface area contributed by atoms with Gasteiger partial charge in [-0.15, -0.1) is 10.2 Å². The molecule has 0 aliphatic carbocycles. The lowest BCUT2D eigenvalue weighted by Crippen LogP contribution is -2.13. The molecule has 0 saturated heterocycles. The van der Waals surface area contributed by atoms with E-state index in [0.717, 1.165) is 17.1 Å². The Morgan fingerprint density at radius 2 is 2.00 bits per heavy atom. The second-order valence-electron chi connectivity index (χ2n) is 5.59. The third-order valence-electron chi connectivity index (χ3n) is 4.04. The Kier molecular flexibility index (Phi) is 3.42. The molecule has 4 rings (SSSR count). The van der Waals surface area contributed by atoms with Gasteiger partial charge in [0, 0.05) is 11.8 Å². The van der Waals surface area contributed by atoms with Gasteiger partial charge in [-0.3, -0.25) is 14.5 Å². The fourth-order valence-electron chi connectivity index (χ4n) is 2.89. The SMILES string of the molecule is Cc1ccc2c(c1Cl)C(c1ncccc1F)=NCc1nnc(C)n1-2. The van der Waals surface area contributed by atoms with Crippen molar-refractivity contribution < 1.29 is 4.39 Å². The third-order valence-corrected chi connectivity index (χ3v) is 4.53. The summed E-state index contributed by atoms with van der Waals surface area (Å²) >= 11 is 6.58. The van der Waals surface area contributed by atoms with Gasteiger partial charge >= 0.3 is 0 Å². The molecule has 3 aromatic rings. The highest BCUT2D eigenvalue weighted by atomic mass is 35.5. The molecule has 2 aromatic heterocycles. The van der Waals surface area contributed by atoms with Gasteiger partial charge in [-0.1, -0.05) is 17.7 Å². The minimum Gasteiger partial charge on any atom is -0.281 e. The molecule has 1 aliphatic rings. The van der Waals surface area contributed by atoms with Crippen LogP contribution in [0, 0.1) is 19.7 Å². The largest absolute Gasteiger partial charge is 0.281 e. The van der Waals surface area contributed by atoms with Crippen molar-refractivity contribution in [3.8, 4) is 5.69 Å².